The van der Waals surface area contributed by atoms with Gasteiger partial charge in [0.1, 0.15) is 5.75 Å². The van der Waals surface area contributed by atoms with E-state index in [1.165, 1.54) is 6.92 Å². The van der Waals surface area contributed by atoms with Crippen LogP contribution < -0.4 is 0 Å². The van der Waals surface area contributed by atoms with Crippen molar-refractivity contribution in [2.75, 3.05) is 0 Å². The molecule has 0 heterocycles. The molecule has 0 spiro atoms. The van der Waals surface area contributed by atoms with Gasteiger partial charge in [-0.3, -0.25) is 4.79 Å². The molecule has 2 nitrogen and oxygen atoms in total. The number of benzene rings is 2. The summed E-state index contributed by atoms with van der Waals surface area (Å²) >= 11 is 0. The summed E-state index contributed by atoms with van der Waals surface area (Å²) in [5.41, 5.74) is 2.28. The van der Waals surface area contributed by atoms with Gasteiger partial charge in [-0.25, -0.2) is 0 Å². The van der Waals surface area contributed by atoms with Crippen molar-refractivity contribution in [3.05, 3.63) is 65.2 Å². The number of rotatable bonds is 3. The molecule has 1 N–H and O–H groups in total. The van der Waals surface area contributed by atoms with E-state index < -0.39 is 0 Å². The van der Waals surface area contributed by atoms with E-state index in [0.717, 1.165) is 11.1 Å². The minimum Gasteiger partial charge on any atom is -0.507 e. The van der Waals surface area contributed by atoms with Crippen LogP contribution in [0.1, 0.15) is 28.4 Å². The Bertz CT molecular complexity index is 530. The van der Waals surface area contributed by atoms with Gasteiger partial charge in [0.05, 0.1) is 5.56 Å². The van der Waals surface area contributed by atoms with E-state index in [4.69, 9.17) is 0 Å². The Hall–Kier alpha value is -2.09. The van der Waals surface area contributed by atoms with Gasteiger partial charge in [0.15, 0.2) is 5.78 Å². The minimum atomic E-state index is -0.114. The maximum absolute atomic E-state index is 11.3. The number of para-hydroxylation sites is 1. The highest BCUT2D eigenvalue weighted by Crippen LogP contribution is 2.25. The Morgan fingerprint density at radius 2 is 1.76 bits per heavy atom. The molecule has 86 valence electrons. The molecule has 17 heavy (non-hydrogen) atoms. The monoisotopic (exact) mass is 226 g/mol. The summed E-state index contributed by atoms with van der Waals surface area (Å²) in [7, 11) is 0. The summed E-state index contributed by atoms with van der Waals surface area (Å²) in [6.07, 6.45) is 0.633. The molecule has 0 aliphatic heterocycles. The Kier molecular flexibility index (Phi) is 3.24. The lowest BCUT2D eigenvalue weighted by Crippen LogP contribution is -1.96. The number of carbonyl (C=O) groups excluding carboxylic acids is 1. The van der Waals surface area contributed by atoms with E-state index in [-0.39, 0.29) is 11.5 Å². The molecule has 0 radical (unpaired) electrons. The number of carbonyl (C=O) groups is 1. The van der Waals surface area contributed by atoms with Crippen molar-refractivity contribution in [2.45, 2.75) is 13.3 Å². The fraction of sp³-hybridized carbons (Fsp3) is 0.133. The molecule has 2 aromatic rings. The highest BCUT2D eigenvalue weighted by Gasteiger charge is 2.10. The van der Waals surface area contributed by atoms with Crippen LogP contribution >= 0.6 is 0 Å². The van der Waals surface area contributed by atoms with Gasteiger partial charge in [0, 0.05) is 6.42 Å². The van der Waals surface area contributed by atoms with Gasteiger partial charge in [0.2, 0.25) is 0 Å². The predicted molar refractivity (Wildman–Crippen MR) is 67.4 cm³/mol. The van der Waals surface area contributed by atoms with E-state index in [2.05, 4.69) is 0 Å². The SMILES string of the molecule is CC(=O)c1cccc(Cc2ccccc2)c1O. The van der Waals surface area contributed by atoms with Crippen LogP contribution in [0.2, 0.25) is 0 Å². The van der Waals surface area contributed by atoms with Crippen molar-refractivity contribution < 1.29 is 9.90 Å². The third-order valence-corrected chi connectivity index (χ3v) is 2.74. The summed E-state index contributed by atoms with van der Waals surface area (Å²) in [4.78, 5) is 11.3. The van der Waals surface area contributed by atoms with Crippen LogP contribution in [-0.4, -0.2) is 10.9 Å². The topological polar surface area (TPSA) is 37.3 Å². The van der Waals surface area contributed by atoms with E-state index >= 15 is 0 Å². The quantitative estimate of drug-likeness (QED) is 0.816. The zero-order valence-electron chi connectivity index (χ0n) is 9.68. The summed E-state index contributed by atoms with van der Waals surface area (Å²) in [5, 5.41) is 10.00. The van der Waals surface area contributed by atoms with Crippen LogP contribution in [0.15, 0.2) is 48.5 Å². The fourth-order valence-electron chi connectivity index (χ4n) is 1.83. The molecule has 0 atom stereocenters. The minimum absolute atomic E-state index is 0.101. The molecule has 2 heteroatoms. The summed E-state index contributed by atoms with van der Waals surface area (Å²) in [5.74, 6) is -0.0127. The number of ketones is 1. The Morgan fingerprint density at radius 1 is 1.06 bits per heavy atom. The van der Waals surface area contributed by atoms with Gasteiger partial charge < -0.3 is 5.11 Å². The van der Waals surface area contributed by atoms with Crippen molar-refractivity contribution in [2.24, 2.45) is 0 Å². The first-order valence-electron chi connectivity index (χ1n) is 5.54. The van der Waals surface area contributed by atoms with E-state index in [0.29, 0.717) is 12.0 Å². The van der Waals surface area contributed by atoms with Gasteiger partial charge in [-0.05, 0) is 24.1 Å². The molecule has 0 aliphatic carbocycles. The first kappa shape index (κ1) is 11.4. The van der Waals surface area contributed by atoms with Crippen LogP contribution in [0.4, 0.5) is 0 Å². The van der Waals surface area contributed by atoms with Gasteiger partial charge in [-0.2, -0.15) is 0 Å². The molecule has 0 saturated heterocycles. The lowest BCUT2D eigenvalue weighted by molar-refractivity contribution is 0.101. The molecular formula is C15H14O2. The van der Waals surface area contributed by atoms with Crippen LogP contribution in [0.3, 0.4) is 0 Å². The van der Waals surface area contributed by atoms with Crippen molar-refractivity contribution in [3.63, 3.8) is 0 Å². The zero-order valence-corrected chi connectivity index (χ0v) is 9.68. The van der Waals surface area contributed by atoms with Gasteiger partial charge in [-0.1, -0.05) is 42.5 Å². The highest BCUT2D eigenvalue weighted by molar-refractivity contribution is 5.97. The summed E-state index contributed by atoms with van der Waals surface area (Å²) in [6.45, 7) is 1.46. The summed E-state index contributed by atoms with van der Waals surface area (Å²) < 4.78 is 0. The normalized spacial score (nSPS) is 10.2. The third kappa shape index (κ3) is 2.53. The van der Waals surface area contributed by atoms with Crippen LogP contribution in [0.25, 0.3) is 0 Å². The number of aromatic hydroxyl groups is 1. The average Bonchev–Trinajstić information content (AvgIpc) is 2.33. The second-order valence-corrected chi connectivity index (χ2v) is 4.03. The van der Waals surface area contributed by atoms with Crippen molar-refractivity contribution in [3.8, 4) is 5.75 Å². The van der Waals surface area contributed by atoms with E-state index in [1.54, 1.807) is 12.1 Å². The number of Topliss-reactive ketones (excluding diaryl/α,β-unsaturated/α-hetero) is 1. The standard InChI is InChI=1S/C15H14O2/c1-11(16)14-9-5-8-13(15(14)17)10-12-6-3-2-4-7-12/h2-9,17H,10H2,1H3. The third-order valence-electron chi connectivity index (χ3n) is 2.74. The van der Waals surface area contributed by atoms with Gasteiger partial charge in [-0.15, -0.1) is 0 Å². The molecule has 0 aromatic heterocycles. The second kappa shape index (κ2) is 4.83. The predicted octanol–water partition coefficient (Wildman–Crippen LogP) is 3.19. The molecule has 2 rings (SSSR count). The first-order valence-corrected chi connectivity index (χ1v) is 5.54. The zero-order chi connectivity index (χ0) is 12.3. The largest absolute Gasteiger partial charge is 0.507 e. The van der Waals surface area contributed by atoms with Crippen molar-refractivity contribution in [1.82, 2.24) is 0 Å². The number of hydrogen-bond acceptors (Lipinski definition) is 2. The molecule has 0 unspecified atom stereocenters. The fourth-order valence-corrected chi connectivity index (χ4v) is 1.83. The van der Waals surface area contributed by atoms with E-state index in [1.807, 2.05) is 36.4 Å². The molecule has 0 amide bonds. The van der Waals surface area contributed by atoms with Gasteiger partial charge in [0.25, 0.3) is 0 Å². The maximum atomic E-state index is 11.3. The molecule has 2 aromatic carbocycles. The highest BCUT2D eigenvalue weighted by atomic mass is 16.3. The number of phenols is 1. The maximum Gasteiger partial charge on any atom is 0.163 e. The van der Waals surface area contributed by atoms with E-state index in [9.17, 15) is 9.90 Å². The Labute approximate surface area is 101 Å². The first-order chi connectivity index (χ1) is 8.18. The molecule has 0 fully saturated rings. The average molecular weight is 226 g/mol. The molecule has 0 aliphatic rings. The van der Waals surface area contributed by atoms with Crippen LogP contribution in [-0.2, 0) is 6.42 Å². The number of hydrogen-bond donors (Lipinski definition) is 1. The lowest BCUT2D eigenvalue weighted by atomic mass is 10.00. The van der Waals surface area contributed by atoms with Crippen LogP contribution in [0.5, 0.6) is 5.75 Å². The molecule has 0 saturated carbocycles. The van der Waals surface area contributed by atoms with Crippen molar-refractivity contribution in [1.29, 1.82) is 0 Å². The van der Waals surface area contributed by atoms with Gasteiger partial charge >= 0.3 is 0 Å². The number of phenolic OH excluding ortho intramolecular Hbond substituents is 1. The smallest absolute Gasteiger partial charge is 0.163 e. The second-order valence-electron chi connectivity index (χ2n) is 4.03. The van der Waals surface area contributed by atoms with Crippen LogP contribution in [0, 0.1) is 0 Å². The molecule has 0 bridgehead atoms. The summed E-state index contributed by atoms with van der Waals surface area (Å²) in [6, 6.07) is 15.2. The Morgan fingerprint density at radius 3 is 2.41 bits per heavy atom. The Balaban J connectivity index is 2.34. The lowest BCUT2D eigenvalue weighted by Gasteiger charge is -2.07. The van der Waals surface area contributed by atoms with Crippen molar-refractivity contribution >= 4 is 5.78 Å². The molecular weight excluding hydrogens is 212 g/mol.